The summed E-state index contributed by atoms with van der Waals surface area (Å²) in [4.78, 5) is 14.1. The van der Waals surface area contributed by atoms with E-state index in [2.05, 4.69) is 20.9 Å². The zero-order chi connectivity index (χ0) is 9.14. The van der Waals surface area contributed by atoms with Gasteiger partial charge in [0, 0.05) is 11.8 Å². The predicted molar refractivity (Wildman–Crippen MR) is 48.3 cm³/mol. The molecule has 0 spiro atoms. The third-order valence-electron chi connectivity index (χ3n) is 1.11. The molecule has 0 saturated carbocycles. The minimum absolute atomic E-state index is 0.312. The number of nitrogens with zero attached hydrogens (tertiary/aromatic N) is 2. The van der Waals surface area contributed by atoms with Gasteiger partial charge in [-0.1, -0.05) is 0 Å². The highest BCUT2D eigenvalue weighted by molar-refractivity contribution is 9.10. The standard InChI is InChI=1S/C6H4BrClN2O2/c7-5-2-1-4(3-9-5)10(8)6(11)12/h1-3H,(H,11,12). The average Bonchev–Trinajstić information content (AvgIpc) is 2.04. The van der Waals surface area contributed by atoms with Crippen molar-refractivity contribution in [1.82, 2.24) is 4.98 Å². The summed E-state index contributed by atoms with van der Waals surface area (Å²) in [5.41, 5.74) is 0.312. The van der Waals surface area contributed by atoms with Crippen LogP contribution in [0.5, 0.6) is 0 Å². The van der Waals surface area contributed by atoms with Gasteiger partial charge < -0.3 is 5.11 Å². The molecule has 0 fully saturated rings. The summed E-state index contributed by atoms with van der Waals surface area (Å²) in [5, 5.41) is 8.46. The van der Waals surface area contributed by atoms with Gasteiger partial charge >= 0.3 is 6.09 Å². The lowest BCUT2D eigenvalue weighted by Gasteiger charge is -2.07. The Morgan fingerprint density at radius 1 is 1.67 bits per heavy atom. The maximum Gasteiger partial charge on any atom is 0.426 e. The lowest BCUT2D eigenvalue weighted by Crippen LogP contribution is -2.17. The van der Waals surface area contributed by atoms with Crippen LogP contribution in [0, 0.1) is 0 Å². The summed E-state index contributed by atoms with van der Waals surface area (Å²) >= 11 is 8.48. The number of carbonyl (C=O) groups is 1. The molecule has 0 aromatic carbocycles. The van der Waals surface area contributed by atoms with E-state index in [4.69, 9.17) is 16.9 Å². The Balaban J connectivity index is 2.89. The molecule has 12 heavy (non-hydrogen) atoms. The van der Waals surface area contributed by atoms with Crippen molar-refractivity contribution in [2.45, 2.75) is 0 Å². The van der Waals surface area contributed by atoms with E-state index in [9.17, 15) is 4.79 Å². The molecule has 0 atom stereocenters. The largest absolute Gasteiger partial charge is 0.464 e. The first kappa shape index (κ1) is 9.28. The van der Waals surface area contributed by atoms with E-state index in [0.29, 0.717) is 14.7 Å². The molecule has 1 rings (SSSR count). The molecular formula is C6H4BrClN2O2. The number of anilines is 1. The molecule has 0 bridgehead atoms. The molecule has 0 aliphatic heterocycles. The number of hydrogen-bond donors (Lipinski definition) is 1. The van der Waals surface area contributed by atoms with Gasteiger partial charge in [0.2, 0.25) is 0 Å². The highest BCUT2D eigenvalue weighted by Crippen LogP contribution is 2.17. The minimum atomic E-state index is -1.24. The van der Waals surface area contributed by atoms with Gasteiger partial charge in [-0.2, -0.15) is 4.42 Å². The van der Waals surface area contributed by atoms with Crippen molar-refractivity contribution < 1.29 is 9.90 Å². The number of halogens is 2. The van der Waals surface area contributed by atoms with Crippen LogP contribution in [0.1, 0.15) is 0 Å². The van der Waals surface area contributed by atoms with Gasteiger partial charge in [0.1, 0.15) is 4.60 Å². The third-order valence-corrected chi connectivity index (χ3v) is 1.92. The summed E-state index contributed by atoms with van der Waals surface area (Å²) < 4.78 is 1.20. The van der Waals surface area contributed by atoms with Gasteiger partial charge in [0.25, 0.3) is 0 Å². The second-order valence-electron chi connectivity index (χ2n) is 1.90. The van der Waals surface area contributed by atoms with Crippen LogP contribution >= 0.6 is 27.7 Å². The maximum absolute atomic E-state index is 10.3. The van der Waals surface area contributed by atoms with E-state index in [0.717, 1.165) is 0 Å². The van der Waals surface area contributed by atoms with Gasteiger partial charge in [0.15, 0.2) is 0 Å². The number of pyridine rings is 1. The summed E-state index contributed by atoms with van der Waals surface area (Å²) in [6.45, 7) is 0. The summed E-state index contributed by atoms with van der Waals surface area (Å²) in [7, 11) is 0. The lowest BCUT2D eigenvalue weighted by molar-refractivity contribution is 0.206. The van der Waals surface area contributed by atoms with Gasteiger partial charge in [-0.15, -0.1) is 0 Å². The van der Waals surface area contributed by atoms with Crippen LogP contribution in [-0.4, -0.2) is 16.2 Å². The Hall–Kier alpha value is -0.810. The van der Waals surface area contributed by atoms with Gasteiger partial charge in [-0.25, -0.2) is 9.78 Å². The number of aromatic nitrogens is 1. The van der Waals surface area contributed by atoms with Gasteiger partial charge in [-0.3, -0.25) is 0 Å². The first-order valence-electron chi connectivity index (χ1n) is 2.91. The van der Waals surface area contributed by atoms with Crippen molar-refractivity contribution in [2.24, 2.45) is 0 Å². The van der Waals surface area contributed by atoms with E-state index in [1.165, 1.54) is 12.3 Å². The van der Waals surface area contributed by atoms with Crippen molar-refractivity contribution >= 4 is 39.5 Å². The molecule has 0 saturated heterocycles. The first-order valence-corrected chi connectivity index (χ1v) is 4.05. The first-order chi connectivity index (χ1) is 5.61. The smallest absolute Gasteiger partial charge is 0.426 e. The quantitative estimate of drug-likeness (QED) is 0.616. The van der Waals surface area contributed by atoms with Gasteiger partial charge in [-0.05, 0) is 28.1 Å². The SMILES string of the molecule is O=C(O)N(Cl)c1ccc(Br)nc1. The molecule has 0 aliphatic rings. The lowest BCUT2D eigenvalue weighted by atomic mass is 10.4. The molecular weight excluding hydrogens is 247 g/mol. The Bertz CT molecular complexity index is 290. The van der Waals surface area contributed by atoms with Gasteiger partial charge in [0.05, 0.1) is 11.9 Å². The molecule has 0 aliphatic carbocycles. The van der Waals surface area contributed by atoms with E-state index in [1.807, 2.05) is 0 Å². The Morgan fingerprint density at radius 2 is 2.33 bits per heavy atom. The van der Waals surface area contributed by atoms with Crippen LogP contribution in [0.15, 0.2) is 22.9 Å². The van der Waals surface area contributed by atoms with Crippen LogP contribution < -0.4 is 4.42 Å². The predicted octanol–water partition coefficient (Wildman–Crippen LogP) is 2.48. The highest BCUT2D eigenvalue weighted by atomic mass is 79.9. The molecule has 1 amide bonds. The molecule has 4 nitrogen and oxygen atoms in total. The van der Waals surface area contributed by atoms with Crippen LogP contribution in [0.4, 0.5) is 10.5 Å². The average molecular weight is 251 g/mol. The van der Waals surface area contributed by atoms with E-state index in [1.54, 1.807) is 6.07 Å². The second kappa shape index (κ2) is 3.73. The summed E-state index contributed by atoms with van der Waals surface area (Å²) in [6, 6.07) is 3.14. The number of rotatable bonds is 1. The van der Waals surface area contributed by atoms with Crippen molar-refractivity contribution in [3.05, 3.63) is 22.9 Å². The molecule has 1 aromatic rings. The zero-order valence-corrected chi connectivity index (χ0v) is 8.08. The molecule has 64 valence electrons. The van der Waals surface area contributed by atoms with Crippen LogP contribution in [-0.2, 0) is 0 Å². The maximum atomic E-state index is 10.3. The second-order valence-corrected chi connectivity index (χ2v) is 3.05. The summed E-state index contributed by atoms with van der Waals surface area (Å²) in [6.07, 6.45) is 0.117. The van der Waals surface area contributed by atoms with Crippen LogP contribution in [0.2, 0.25) is 0 Å². The molecule has 1 N–H and O–H groups in total. The molecule has 0 unspecified atom stereocenters. The normalized spacial score (nSPS) is 9.50. The van der Waals surface area contributed by atoms with E-state index in [-0.39, 0.29) is 0 Å². The van der Waals surface area contributed by atoms with Crippen molar-refractivity contribution in [3.8, 4) is 0 Å². The zero-order valence-electron chi connectivity index (χ0n) is 5.74. The number of carboxylic acid groups (broad SMARTS) is 1. The third kappa shape index (κ3) is 2.09. The molecule has 6 heteroatoms. The van der Waals surface area contributed by atoms with E-state index >= 15 is 0 Å². The van der Waals surface area contributed by atoms with E-state index < -0.39 is 6.09 Å². The summed E-state index contributed by atoms with van der Waals surface area (Å²) in [5.74, 6) is 0. The molecule has 1 heterocycles. The van der Waals surface area contributed by atoms with Crippen molar-refractivity contribution in [1.29, 1.82) is 0 Å². The highest BCUT2D eigenvalue weighted by Gasteiger charge is 2.10. The number of hydrogen-bond acceptors (Lipinski definition) is 2. The van der Waals surface area contributed by atoms with Crippen LogP contribution in [0.25, 0.3) is 0 Å². The molecule has 1 aromatic heterocycles. The topological polar surface area (TPSA) is 53.4 Å². The fraction of sp³-hybridized carbons (Fsp3) is 0. The van der Waals surface area contributed by atoms with Crippen molar-refractivity contribution in [3.63, 3.8) is 0 Å². The molecule has 0 radical (unpaired) electrons. The van der Waals surface area contributed by atoms with Crippen LogP contribution in [0.3, 0.4) is 0 Å². The number of amides is 1. The Morgan fingerprint density at radius 3 is 2.75 bits per heavy atom. The fourth-order valence-corrected chi connectivity index (χ4v) is 0.929. The van der Waals surface area contributed by atoms with Crippen molar-refractivity contribution in [2.75, 3.05) is 4.42 Å². The monoisotopic (exact) mass is 250 g/mol. The fourth-order valence-electron chi connectivity index (χ4n) is 0.595. The Labute approximate surface area is 82.0 Å². The minimum Gasteiger partial charge on any atom is -0.464 e. The Kier molecular flexibility index (Phi) is 2.88.